The van der Waals surface area contributed by atoms with Crippen molar-refractivity contribution < 1.29 is 4.74 Å². The Bertz CT molecular complexity index is 519. The minimum Gasteiger partial charge on any atom is -0.378 e. The van der Waals surface area contributed by atoms with Gasteiger partial charge in [-0.1, -0.05) is 30.3 Å². The normalized spacial score (nSPS) is 25.5. The Morgan fingerprint density at radius 3 is 2.67 bits per heavy atom. The molecule has 0 aliphatic carbocycles. The van der Waals surface area contributed by atoms with Gasteiger partial charge in [0.1, 0.15) is 0 Å². The van der Waals surface area contributed by atoms with E-state index in [1.165, 1.54) is 12.0 Å². The first-order valence-corrected chi connectivity index (χ1v) is 8.63. The highest BCUT2D eigenvalue weighted by atomic mass is 127. The molecular formula is C18H29IN4O. The molecule has 5 nitrogen and oxygen atoms in total. The van der Waals surface area contributed by atoms with E-state index in [4.69, 9.17) is 10.5 Å². The zero-order chi connectivity index (χ0) is 16.1. The number of benzene rings is 1. The molecule has 3 rings (SSSR count). The molecule has 0 aromatic heterocycles. The lowest BCUT2D eigenvalue weighted by Gasteiger charge is -2.27. The van der Waals surface area contributed by atoms with Crippen LogP contribution in [0.5, 0.6) is 0 Å². The molecule has 1 aromatic rings. The van der Waals surface area contributed by atoms with E-state index in [-0.39, 0.29) is 24.0 Å². The highest BCUT2D eigenvalue weighted by Gasteiger charge is 2.28. The van der Waals surface area contributed by atoms with Gasteiger partial charge in [-0.3, -0.25) is 9.89 Å². The van der Waals surface area contributed by atoms with Crippen molar-refractivity contribution >= 4 is 29.9 Å². The van der Waals surface area contributed by atoms with Crippen molar-refractivity contribution in [3.63, 3.8) is 0 Å². The average Bonchev–Trinajstić information content (AvgIpc) is 2.94. The summed E-state index contributed by atoms with van der Waals surface area (Å²) in [7, 11) is 0. The number of likely N-dealkylation sites (tertiary alicyclic amines) is 1. The maximum Gasteiger partial charge on any atom is 0.191 e. The Morgan fingerprint density at radius 2 is 1.96 bits per heavy atom. The Hall–Kier alpha value is -0.860. The molecule has 6 heteroatoms. The molecule has 2 fully saturated rings. The Kier molecular flexibility index (Phi) is 7.77. The average molecular weight is 444 g/mol. The van der Waals surface area contributed by atoms with Crippen LogP contribution >= 0.6 is 24.0 Å². The van der Waals surface area contributed by atoms with Crippen LogP contribution in [0.4, 0.5) is 0 Å². The largest absolute Gasteiger partial charge is 0.378 e. The van der Waals surface area contributed by atoms with Gasteiger partial charge >= 0.3 is 0 Å². The van der Waals surface area contributed by atoms with E-state index in [0.29, 0.717) is 17.9 Å². The second-order valence-electron chi connectivity index (χ2n) is 6.66. The standard InChI is InChI=1S/C18H28N4O.HI/c1-15-11-17(12-20-18(19)21-7-9-23-10-8-21)14-22(15)13-16-5-3-2-4-6-16;/h2-6,15,17H,7-14H2,1H3,(H2,19,20);1H. The Morgan fingerprint density at radius 1 is 1.25 bits per heavy atom. The lowest BCUT2D eigenvalue weighted by atomic mass is 10.1. The van der Waals surface area contributed by atoms with E-state index in [1.54, 1.807) is 0 Å². The molecule has 2 saturated heterocycles. The van der Waals surface area contributed by atoms with Gasteiger partial charge in [0, 0.05) is 38.8 Å². The second-order valence-corrected chi connectivity index (χ2v) is 6.66. The number of nitrogens with two attached hydrogens (primary N) is 1. The molecular weight excluding hydrogens is 415 g/mol. The Labute approximate surface area is 162 Å². The number of nitrogens with zero attached hydrogens (tertiary/aromatic N) is 3. The van der Waals surface area contributed by atoms with Gasteiger partial charge in [0.25, 0.3) is 0 Å². The summed E-state index contributed by atoms with van der Waals surface area (Å²) in [5, 5.41) is 0. The summed E-state index contributed by atoms with van der Waals surface area (Å²) in [5.74, 6) is 1.29. The van der Waals surface area contributed by atoms with Gasteiger partial charge in [-0.15, -0.1) is 24.0 Å². The van der Waals surface area contributed by atoms with Crippen molar-refractivity contribution in [1.82, 2.24) is 9.80 Å². The number of hydrogen-bond donors (Lipinski definition) is 1. The summed E-state index contributed by atoms with van der Waals surface area (Å²) < 4.78 is 5.35. The molecule has 24 heavy (non-hydrogen) atoms. The molecule has 134 valence electrons. The van der Waals surface area contributed by atoms with Crippen molar-refractivity contribution in [2.75, 3.05) is 39.4 Å². The minimum absolute atomic E-state index is 0. The maximum absolute atomic E-state index is 6.13. The van der Waals surface area contributed by atoms with E-state index >= 15 is 0 Å². The number of ether oxygens (including phenoxy) is 1. The van der Waals surface area contributed by atoms with Crippen molar-refractivity contribution in [2.45, 2.75) is 25.9 Å². The fraction of sp³-hybridized carbons (Fsp3) is 0.611. The van der Waals surface area contributed by atoms with Crippen LogP contribution < -0.4 is 5.73 Å². The number of hydrogen-bond acceptors (Lipinski definition) is 3. The summed E-state index contributed by atoms with van der Waals surface area (Å²) in [4.78, 5) is 9.33. The molecule has 2 heterocycles. The molecule has 0 bridgehead atoms. The quantitative estimate of drug-likeness (QED) is 0.440. The number of aliphatic imine (C=N–C) groups is 1. The zero-order valence-corrected chi connectivity index (χ0v) is 16.8. The smallest absolute Gasteiger partial charge is 0.191 e. The molecule has 2 N–H and O–H groups in total. The predicted molar refractivity (Wildman–Crippen MR) is 109 cm³/mol. The van der Waals surface area contributed by atoms with Gasteiger partial charge in [0.2, 0.25) is 0 Å². The van der Waals surface area contributed by atoms with Crippen LogP contribution in [0, 0.1) is 5.92 Å². The summed E-state index contributed by atoms with van der Waals surface area (Å²) in [5.41, 5.74) is 7.51. The van der Waals surface area contributed by atoms with Gasteiger partial charge < -0.3 is 15.4 Å². The topological polar surface area (TPSA) is 54.1 Å². The molecule has 0 spiro atoms. The summed E-state index contributed by atoms with van der Waals surface area (Å²) in [6, 6.07) is 11.3. The van der Waals surface area contributed by atoms with E-state index < -0.39 is 0 Å². The van der Waals surface area contributed by atoms with Crippen molar-refractivity contribution in [3.8, 4) is 0 Å². The number of halogens is 1. The highest BCUT2D eigenvalue weighted by Crippen LogP contribution is 2.25. The van der Waals surface area contributed by atoms with Crippen LogP contribution in [0.15, 0.2) is 35.3 Å². The van der Waals surface area contributed by atoms with Crippen LogP contribution in [0.3, 0.4) is 0 Å². The first-order valence-electron chi connectivity index (χ1n) is 8.63. The fourth-order valence-electron chi connectivity index (χ4n) is 3.50. The van der Waals surface area contributed by atoms with E-state index in [1.807, 2.05) is 0 Å². The van der Waals surface area contributed by atoms with Crippen LogP contribution in [0.2, 0.25) is 0 Å². The van der Waals surface area contributed by atoms with E-state index in [0.717, 1.165) is 45.9 Å². The summed E-state index contributed by atoms with van der Waals surface area (Å²) in [6.07, 6.45) is 1.20. The van der Waals surface area contributed by atoms with Crippen LogP contribution in [-0.4, -0.2) is 61.2 Å². The molecule has 2 unspecified atom stereocenters. The van der Waals surface area contributed by atoms with Crippen LogP contribution in [-0.2, 0) is 11.3 Å². The molecule has 1 aromatic carbocycles. The third kappa shape index (κ3) is 5.32. The van der Waals surface area contributed by atoms with E-state index in [2.05, 4.69) is 52.0 Å². The van der Waals surface area contributed by atoms with Crippen molar-refractivity contribution in [3.05, 3.63) is 35.9 Å². The third-order valence-electron chi connectivity index (χ3n) is 4.87. The lowest BCUT2D eigenvalue weighted by Crippen LogP contribution is -2.45. The van der Waals surface area contributed by atoms with Crippen molar-refractivity contribution in [2.24, 2.45) is 16.6 Å². The third-order valence-corrected chi connectivity index (χ3v) is 4.87. The molecule has 0 amide bonds. The van der Waals surface area contributed by atoms with Gasteiger partial charge in [-0.05, 0) is 24.8 Å². The highest BCUT2D eigenvalue weighted by molar-refractivity contribution is 14.0. The molecule has 0 radical (unpaired) electrons. The molecule has 2 aliphatic heterocycles. The zero-order valence-electron chi connectivity index (χ0n) is 14.4. The first kappa shape index (κ1) is 19.5. The minimum atomic E-state index is 0. The lowest BCUT2D eigenvalue weighted by molar-refractivity contribution is 0.0674. The van der Waals surface area contributed by atoms with Gasteiger partial charge in [0.05, 0.1) is 13.2 Å². The number of morpholine rings is 1. The summed E-state index contributed by atoms with van der Waals surface area (Å²) >= 11 is 0. The maximum atomic E-state index is 6.13. The first-order chi connectivity index (χ1) is 11.2. The summed E-state index contributed by atoms with van der Waals surface area (Å²) in [6.45, 7) is 8.50. The van der Waals surface area contributed by atoms with Crippen LogP contribution in [0.1, 0.15) is 18.9 Å². The van der Waals surface area contributed by atoms with Gasteiger partial charge in [-0.25, -0.2) is 0 Å². The number of guanidine groups is 1. The monoisotopic (exact) mass is 444 g/mol. The molecule has 0 saturated carbocycles. The Balaban J connectivity index is 0.00000208. The van der Waals surface area contributed by atoms with Gasteiger partial charge in [0.15, 0.2) is 5.96 Å². The fourth-order valence-corrected chi connectivity index (χ4v) is 3.50. The second kappa shape index (κ2) is 9.58. The van der Waals surface area contributed by atoms with Crippen LogP contribution in [0.25, 0.3) is 0 Å². The van der Waals surface area contributed by atoms with E-state index in [9.17, 15) is 0 Å². The predicted octanol–water partition coefficient (Wildman–Crippen LogP) is 2.16. The number of rotatable bonds is 4. The van der Waals surface area contributed by atoms with Crippen molar-refractivity contribution in [1.29, 1.82) is 0 Å². The molecule has 2 aliphatic rings. The SMILES string of the molecule is CC1CC(CN=C(N)N2CCOCC2)CN1Cc1ccccc1.I. The van der Waals surface area contributed by atoms with Gasteiger partial charge in [-0.2, -0.15) is 0 Å². The molecule has 2 atom stereocenters.